The van der Waals surface area contributed by atoms with E-state index in [2.05, 4.69) is 107 Å². The van der Waals surface area contributed by atoms with Gasteiger partial charge in [-0.3, -0.25) is 4.98 Å². The van der Waals surface area contributed by atoms with Crippen LogP contribution in [0.25, 0.3) is 88.4 Å². The van der Waals surface area contributed by atoms with Crippen LogP contribution in [-0.2, 0) is 6.18 Å². The highest BCUT2D eigenvalue weighted by Gasteiger charge is 2.32. The fraction of sp³-hybridized carbons (Fsp3) is 0.0600. The molecule has 0 saturated carbocycles. The number of rotatable bonds is 5. The number of nitrogens with zero attached hydrogens (tertiary/aromatic N) is 3. The standard InChI is InChI=1S/C50H34F3N3/c1-31-11-3-5-13-36(31)33-19-22-46-41(27-33)38-15-7-9-17-44(38)55(46)48-24-21-35(50(51,52)53)29-43(48)40-25-26-54-30-49(40)56-45-18-10-8-16-39(45)42-28-34(20-23-47(42)56)37-14-6-4-12-32(37)2/h3-30H,1-2H3. The van der Waals surface area contributed by atoms with Gasteiger partial charge in [0.15, 0.2) is 0 Å². The van der Waals surface area contributed by atoms with Crippen LogP contribution in [0.4, 0.5) is 13.2 Å². The zero-order valence-corrected chi connectivity index (χ0v) is 30.6. The zero-order chi connectivity index (χ0) is 38.1. The van der Waals surface area contributed by atoms with Crippen molar-refractivity contribution >= 4 is 43.6 Å². The lowest BCUT2D eigenvalue weighted by atomic mass is 9.98. The molecule has 6 heteroatoms. The summed E-state index contributed by atoms with van der Waals surface area (Å²) in [5, 5.41) is 4.13. The first kappa shape index (κ1) is 33.6. The second-order valence-electron chi connectivity index (χ2n) is 14.4. The van der Waals surface area contributed by atoms with Crippen LogP contribution < -0.4 is 0 Å². The Morgan fingerprint density at radius 1 is 0.429 bits per heavy atom. The molecular weight excluding hydrogens is 700 g/mol. The lowest BCUT2D eigenvalue weighted by Gasteiger charge is -2.20. The molecule has 0 radical (unpaired) electrons. The van der Waals surface area contributed by atoms with Crippen LogP contribution in [0.5, 0.6) is 0 Å². The summed E-state index contributed by atoms with van der Waals surface area (Å²) in [6.07, 6.45) is -1.13. The topological polar surface area (TPSA) is 22.8 Å². The van der Waals surface area contributed by atoms with Crippen LogP contribution in [-0.4, -0.2) is 14.1 Å². The smallest absolute Gasteiger partial charge is 0.309 e. The molecule has 0 aliphatic heterocycles. The molecular formula is C50H34F3N3. The zero-order valence-electron chi connectivity index (χ0n) is 30.6. The predicted molar refractivity (Wildman–Crippen MR) is 224 cm³/mol. The summed E-state index contributed by atoms with van der Waals surface area (Å²) in [6.45, 7) is 4.21. The summed E-state index contributed by atoms with van der Waals surface area (Å²) in [6, 6.07) is 51.7. The Hall–Kier alpha value is -6.92. The van der Waals surface area contributed by atoms with Crippen LogP contribution >= 0.6 is 0 Å². The van der Waals surface area contributed by atoms with Gasteiger partial charge in [0.1, 0.15) is 0 Å². The maximum absolute atomic E-state index is 14.7. The number of hydrogen-bond acceptors (Lipinski definition) is 1. The first-order valence-electron chi connectivity index (χ1n) is 18.6. The quantitative estimate of drug-likeness (QED) is 0.173. The van der Waals surface area contributed by atoms with Crippen LogP contribution in [0.2, 0.25) is 0 Å². The molecule has 0 atom stereocenters. The Morgan fingerprint density at radius 3 is 1.48 bits per heavy atom. The first-order chi connectivity index (χ1) is 27.3. The molecule has 3 aromatic heterocycles. The van der Waals surface area contributed by atoms with Gasteiger partial charge in [0, 0.05) is 38.9 Å². The summed E-state index contributed by atoms with van der Waals surface area (Å²) in [7, 11) is 0. The number of aryl methyl sites for hydroxylation is 2. The van der Waals surface area contributed by atoms with Gasteiger partial charge >= 0.3 is 6.18 Å². The van der Waals surface area contributed by atoms with Gasteiger partial charge in [0.05, 0.1) is 45.2 Å². The van der Waals surface area contributed by atoms with E-state index in [-0.39, 0.29) is 0 Å². The third-order valence-electron chi connectivity index (χ3n) is 11.2. The average molecular weight is 734 g/mol. The molecule has 56 heavy (non-hydrogen) atoms. The van der Waals surface area contributed by atoms with E-state index in [0.29, 0.717) is 22.5 Å². The van der Waals surface area contributed by atoms with Crippen molar-refractivity contribution in [2.24, 2.45) is 0 Å². The highest BCUT2D eigenvalue weighted by atomic mass is 19.4. The van der Waals surface area contributed by atoms with E-state index < -0.39 is 11.7 Å². The minimum Gasteiger partial charge on any atom is -0.309 e. The van der Waals surface area contributed by atoms with Gasteiger partial charge in [0.2, 0.25) is 0 Å². The molecule has 3 heterocycles. The second-order valence-corrected chi connectivity index (χ2v) is 14.4. The maximum Gasteiger partial charge on any atom is 0.416 e. The molecule has 10 rings (SSSR count). The number of fused-ring (bicyclic) bond motifs is 6. The Kier molecular flexibility index (Phi) is 7.72. The largest absolute Gasteiger partial charge is 0.416 e. The van der Waals surface area contributed by atoms with Crippen LogP contribution in [0, 0.1) is 13.8 Å². The third-order valence-corrected chi connectivity index (χ3v) is 11.2. The van der Waals surface area contributed by atoms with Gasteiger partial charge in [0.25, 0.3) is 0 Å². The summed E-state index contributed by atoms with van der Waals surface area (Å²) in [5.41, 5.74) is 12.2. The average Bonchev–Trinajstić information content (AvgIpc) is 3.73. The molecule has 270 valence electrons. The maximum atomic E-state index is 14.7. The van der Waals surface area contributed by atoms with Crippen LogP contribution in [0.1, 0.15) is 16.7 Å². The summed E-state index contributed by atoms with van der Waals surface area (Å²) in [4.78, 5) is 4.58. The molecule has 0 N–H and O–H groups in total. The number of pyridine rings is 1. The summed E-state index contributed by atoms with van der Waals surface area (Å²) < 4.78 is 48.3. The molecule has 0 spiro atoms. The number of alkyl halides is 3. The van der Waals surface area contributed by atoms with Gasteiger partial charge in [-0.05, 0) is 108 Å². The van der Waals surface area contributed by atoms with Crippen molar-refractivity contribution in [2.45, 2.75) is 20.0 Å². The molecule has 3 nitrogen and oxygen atoms in total. The van der Waals surface area contributed by atoms with E-state index in [1.54, 1.807) is 18.5 Å². The second kappa shape index (κ2) is 12.8. The number of benzene rings is 7. The molecule has 0 aliphatic carbocycles. The van der Waals surface area contributed by atoms with Crippen LogP contribution in [0.3, 0.4) is 0 Å². The van der Waals surface area contributed by atoms with E-state index in [1.165, 1.54) is 23.3 Å². The Bertz CT molecular complexity index is 3160. The molecule has 0 amide bonds. The lowest BCUT2D eigenvalue weighted by molar-refractivity contribution is -0.137. The monoisotopic (exact) mass is 733 g/mol. The van der Waals surface area contributed by atoms with E-state index >= 15 is 0 Å². The minimum atomic E-state index is -4.55. The van der Waals surface area contributed by atoms with E-state index in [4.69, 9.17) is 0 Å². The van der Waals surface area contributed by atoms with Crippen molar-refractivity contribution in [1.29, 1.82) is 0 Å². The fourth-order valence-corrected chi connectivity index (χ4v) is 8.51. The molecule has 7 aromatic carbocycles. The Balaban J connectivity index is 1.25. The molecule has 10 aromatic rings. The van der Waals surface area contributed by atoms with Crippen molar-refractivity contribution in [1.82, 2.24) is 14.1 Å². The number of hydrogen-bond donors (Lipinski definition) is 0. The van der Waals surface area contributed by atoms with Gasteiger partial charge in [-0.25, -0.2) is 0 Å². The summed E-state index contributed by atoms with van der Waals surface area (Å²) in [5.74, 6) is 0. The number of halogens is 3. The van der Waals surface area contributed by atoms with E-state index in [1.807, 2.05) is 60.7 Å². The van der Waals surface area contributed by atoms with Crippen molar-refractivity contribution in [3.63, 3.8) is 0 Å². The van der Waals surface area contributed by atoms with Crippen molar-refractivity contribution in [3.05, 3.63) is 187 Å². The Morgan fingerprint density at radius 2 is 0.929 bits per heavy atom. The third kappa shape index (κ3) is 5.32. The van der Waals surface area contributed by atoms with E-state index in [0.717, 1.165) is 65.9 Å². The van der Waals surface area contributed by atoms with Crippen molar-refractivity contribution in [3.8, 4) is 44.8 Å². The van der Waals surface area contributed by atoms with Gasteiger partial charge in [-0.15, -0.1) is 0 Å². The number of para-hydroxylation sites is 2. The highest BCUT2D eigenvalue weighted by molar-refractivity contribution is 6.12. The highest BCUT2D eigenvalue weighted by Crippen LogP contribution is 2.44. The number of aromatic nitrogens is 3. The van der Waals surface area contributed by atoms with Crippen LogP contribution in [0.15, 0.2) is 170 Å². The van der Waals surface area contributed by atoms with Gasteiger partial charge in [-0.2, -0.15) is 13.2 Å². The predicted octanol–water partition coefficient (Wildman–Crippen LogP) is 13.9. The van der Waals surface area contributed by atoms with Gasteiger partial charge in [-0.1, -0.05) is 97.1 Å². The lowest BCUT2D eigenvalue weighted by Crippen LogP contribution is -2.08. The molecule has 0 unspecified atom stereocenters. The SMILES string of the molecule is Cc1ccccc1-c1ccc2c(c1)c1ccccc1n2-c1ccc(C(F)(F)F)cc1-c1ccncc1-n1c2ccccc2c2cc(-c3ccccc3C)ccc21. The van der Waals surface area contributed by atoms with E-state index in [9.17, 15) is 13.2 Å². The molecule has 0 bridgehead atoms. The molecule has 0 fully saturated rings. The minimum absolute atomic E-state index is 0.449. The molecule has 0 saturated heterocycles. The van der Waals surface area contributed by atoms with Crippen molar-refractivity contribution < 1.29 is 13.2 Å². The van der Waals surface area contributed by atoms with Gasteiger partial charge < -0.3 is 9.13 Å². The Labute approximate surface area is 321 Å². The fourth-order valence-electron chi connectivity index (χ4n) is 8.51. The summed E-state index contributed by atoms with van der Waals surface area (Å²) >= 11 is 0. The normalized spacial score (nSPS) is 12.0. The van der Waals surface area contributed by atoms with Crippen molar-refractivity contribution in [2.75, 3.05) is 0 Å². The first-order valence-corrected chi connectivity index (χ1v) is 18.6. The molecule has 0 aliphatic rings.